The van der Waals surface area contributed by atoms with E-state index < -0.39 is 0 Å². The summed E-state index contributed by atoms with van der Waals surface area (Å²) in [7, 11) is 0. The van der Waals surface area contributed by atoms with Crippen molar-refractivity contribution in [3.8, 4) is 0 Å². The number of imidazole rings is 1. The van der Waals surface area contributed by atoms with Crippen LogP contribution in [0.15, 0.2) is 16.7 Å². The topological polar surface area (TPSA) is 43.3 Å². The van der Waals surface area contributed by atoms with E-state index >= 15 is 0 Å². The molecule has 0 aliphatic heterocycles. The summed E-state index contributed by atoms with van der Waals surface area (Å²) >= 11 is 3.55. The van der Waals surface area contributed by atoms with E-state index in [0.717, 1.165) is 34.0 Å². The van der Waals surface area contributed by atoms with E-state index in [1.54, 1.807) is 0 Å². The second-order valence-electron chi connectivity index (χ2n) is 5.68. The Morgan fingerprint density at radius 1 is 1.37 bits per heavy atom. The van der Waals surface area contributed by atoms with Crippen molar-refractivity contribution in [1.82, 2.24) is 9.38 Å². The lowest BCUT2D eigenvalue weighted by Gasteiger charge is -2.20. The minimum absolute atomic E-state index is 0.769. The Hall–Kier alpha value is -1.03. The second-order valence-corrected chi connectivity index (χ2v) is 6.54. The van der Waals surface area contributed by atoms with Gasteiger partial charge >= 0.3 is 0 Å². The number of hydrogen-bond acceptors (Lipinski definition) is 2. The van der Waals surface area contributed by atoms with Gasteiger partial charge in [-0.1, -0.05) is 32.1 Å². The maximum Gasteiger partial charge on any atom is 0.139 e. The van der Waals surface area contributed by atoms with Gasteiger partial charge in [0.05, 0.1) is 5.69 Å². The minimum atomic E-state index is 0.769. The molecule has 2 heterocycles. The van der Waals surface area contributed by atoms with Crippen LogP contribution in [-0.4, -0.2) is 9.38 Å². The van der Waals surface area contributed by atoms with Crippen LogP contribution in [0, 0.1) is 12.8 Å². The number of nitrogens with zero attached hydrogens (tertiary/aromatic N) is 2. The lowest BCUT2D eigenvalue weighted by atomic mass is 9.86. The fraction of sp³-hybridized carbons (Fsp3) is 0.533. The number of aryl methyl sites for hydroxylation is 1. The molecule has 0 unspecified atom stereocenters. The Kier molecular flexibility index (Phi) is 3.52. The molecule has 1 fully saturated rings. The first kappa shape index (κ1) is 13.0. The van der Waals surface area contributed by atoms with Crippen molar-refractivity contribution in [1.29, 1.82) is 0 Å². The summed E-state index contributed by atoms with van der Waals surface area (Å²) in [5.41, 5.74) is 9.49. The first-order valence-electron chi connectivity index (χ1n) is 7.07. The fourth-order valence-corrected chi connectivity index (χ4v) is 3.36. The monoisotopic (exact) mass is 321 g/mol. The Morgan fingerprint density at radius 2 is 2.11 bits per heavy atom. The van der Waals surface area contributed by atoms with Gasteiger partial charge in [0.1, 0.15) is 11.5 Å². The van der Waals surface area contributed by atoms with Crippen molar-refractivity contribution in [2.24, 2.45) is 5.92 Å². The number of fused-ring (bicyclic) bond motifs is 1. The molecule has 1 saturated carbocycles. The Labute approximate surface area is 122 Å². The molecule has 0 saturated heterocycles. The van der Waals surface area contributed by atoms with E-state index in [9.17, 15) is 0 Å². The number of nitrogens with two attached hydrogens (primary N) is 1. The zero-order chi connectivity index (χ0) is 13.4. The number of halogens is 1. The molecule has 1 aliphatic carbocycles. The number of rotatable bonds is 2. The molecule has 2 aromatic heterocycles. The van der Waals surface area contributed by atoms with Crippen molar-refractivity contribution in [2.75, 3.05) is 5.73 Å². The third-order valence-corrected chi connectivity index (χ3v) is 5.05. The molecule has 3 rings (SSSR count). The van der Waals surface area contributed by atoms with Gasteiger partial charge in [-0.25, -0.2) is 4.98 Å². The van der Waals surface area contributed by atoms with Gasteiger partial charge in [0.15, 0.2) is 0 Å². The lowest BCUT2D eigenvalue weighted by molar-refractivity contribution is 0.355. The second kappa shape index (κ2) is 5.16. The van der Waals surface area contributed by atoms with Crippen LogP contribution in [0.25, 0.3) is 5.65 Å². The maximum atomic E-state index is 6.25. The van der Waals surface area contributed by atoms with Gasteiger partial charge in [-0.15, -0.1) is 0 Å². The van der Waals surface area contributed by atoms with Crippen LogP contribution in [0.2, 0.25) is 0 Å². The molecule has 2 aromatic rings. The normalized spacial score (nSPS) is 17.2. The van der Waals surface area contributed by atoms with Gasteiger partial charge in [-0.05, 0) is 46.8 Å². The van der Waals surface area contributed by atoms with Gasteiger partial charge in [0.25, 0.3) is 0 Å². The lowest BCUT2D eigenvalue weighted by Crippen LogP contribution is -2.10. The van der Waals surface area contributed by atoms with Gasteiger partial charge in [-0.3, -0.25) is 4.40 Å². The fourth-order valence-electron chi connectivity index (χ4n) is 3.04. The van der Waals surface area contributed by atoms with Gasteiger partial charge in [-0.2, -0.15) is 0 Å². The molecular formula is C15H20BrN3. The van der Waals surface area contributed by atoms with E-state index in [1.807, 2.05) is 10.6 Å². The quantitative estimate of drug-likeness (QED) is 0.904. The molecule has 0 bridgehead atoms. The van der Waals surface area contributed by atoms with Crippen molar-refractivity contribution in [3.05, 3.63) is 28.0 Å². The predicted molar refractivity (Wildman–Crippen MR) is 82.3 cm³/mol. The SMILES string of the molecule is Cc1cc2nc(CC3CCCCC3)c(N)n2cc1Br. The third-order valence-electron chi connectivity index (χ3n) is 4.22. The highest BCUT2D eigenvalue weighted by molar-refractivity contribution is 9.10. The molecule has 19 heavy (non-hydrogen) atoms. The zero-order valence-corrected chi connectivity index (χ0v) is 12.9. The first-order valence-corrected chi connectivity index (χ1v) is 7.87. The average molecular weight is 322 g/mol. The largest absolute Gasteiger partial charge is 0.383 e. The summed E-state index contributed by atoms with van der Waals surface area (Å²) in [6.45, 7) is 2.08. The van der Waals surface area contributed by atoms with Crippen molar-refractivity contribution in [2.45, 2.75) is 45.4 Å². The van der Waals surface area contributed by atoms with Crippen LogP contribution in [0.4, 0.5) is 5.82 Å². The van der Waals surface area contributed by atoms with Crippen LogP contribution < -0.4 is 5.73 Å². The van der Waals surface area contributed by atoms with E-state index in [-0.39, 0.29) is 0 Å². The van der Waals surface area contributed by atoms with Crippen molar-refractivity contribution in [3.63, 3.8) is 0 Å². The highest BCUT2D eigenvalue weighted by Crippen LogP contribution is 2.29. The molecular weight excluding hydrogens is 302 g/mol. The summed E-state index contributed by atoms with van der Waals surface area (Å²) < 4.78 is 3.07. The van der Waals surface area contributed by atoms with Crippen LogP contribution >= 0.6 is 15.9 Å². The highest BCUT2D eigenvalue weighted by Gasteiger charge is 2.18. The molecule has 0 aromatic carbocycles. The third kappa shape index (κ3) is 2.50. The molecule has 3 nitrogen and oxygen atoms in total. The summed E-state index contributed by atoms with van der Waals surface area (Å²) in [4.78, 5) is 4.73. The van der Waals surface area contributed by atoms with Crippen LogP contribution in [0.3, 0.4) is 0 Å². The Balaban J connectivity index is 1.93. The predicted octanol–water partition coefficient (Wildman–Crippen LogP) is 4.11. The molecule has 102 valence electrons. The Bertz CT molecular complexity index is 597. The molecule has 0 spiro atoms. The highest BCUT2D eigenvalue weighted by atomic mass is 79.9. The summed E-state index contributed by atoms with van der Waals surface area (Å²) in [5, 5.41) is 0. The maximum absolute atomic E-state index is 6.25. The van der Waals surface area contributed by atoms with E-state index in [0.29, 0.717) is 0 Å². The number of aromatic nitrogens is 2. The molecule has 0 atom stereocenters. The number of pyridine rings is 1. The van der Waals surface area contributed by atoms with Gasteiger partial charge < -0.3 is 5.73 Å². The zero-order valence-electron chi connectivity index (χ0n) is 11.3. The summed E-state index contributed by atoms with van der Waals surface area (Å²) in [6.07, 6.45) is 9.84. The van der Waals surface area contributed by atoms with E-state index in [1.165, 1.54) is 37.7 Å². The molecule has 4 heteroatoms. The molecule has 1 aliphatic rings. The number of anilines is 1. The van der Waals surface area contributed by atoms with Crippen LogP contribution in [0.1, 0.15) is 43.4 Å². The minimum Gasteiger partial charge on any atom is -0.383 e. The van der Waals surface area contributed by atoms with Crippen LogP contribution in [0.5, 0.6) is 0 Å². The number of hydrogen-bond donors (Lipinski definition) is 1. The average Bonchev–Trinajstić information content (AvgIpc) is 2.69. The van der Waals surface area contributed by atoms with E-state index in [4.69, 9.17) is 10.7 Å². The van der Waals surface area contributed by atoms with Gasteiger partial charge in [0.2, 0.25) is 0 Å². The van der Waals surface area contributed by atoms with Crippen molar-refractivity contribution < 1.29 is 0 Å². The van der Waals surface area contributed by atoms with E-state index in [2.05, 4.69) is 28.9 Å². The standard InChI is InChI=1S/C15H20BrN3/c1-10-7-14-18-13(8-11-5-3-2-4-6-11)15(17)19(14)9-12(10)16/h7,9,11H,2-6,8,17H2,1H3. The first-order chi connectivity index (χ1) is 9.15. The molecule has 2 N–H and O–H groups in total. The molecule has 0 radical (unpaired) electrons. The smallest absolute Gasteiger partial charge is 0.139 e. The van der Waals surface area contributed by atoms with Crippen molar-refractivity contribution >= 4 is 27.4 Å². The molecule has 0 amide bonds. The Morgan fingerprint density at radius 3 is 2.84 bits per heavy atom. The summed E-state index contributed by atoms with van der Waals surface area (Å²) in [5.74, 6) is 1.58. The number of nitrogen functional groups attached to an aromatic ring is 1. The van der Waals surface area contributed by atoms with Gasteiger partial charge in [0, 0.05) is 10.7 Å². The summed E-state index contributed by atoms with van der Waals surface area (Å²) in [6, 6.07) is 2.09. The van der Waals surface area contributed by atoms with Crippen LogP contribution in [-0.2, 0) is 6.42 Å².